The second-order valence-corrected chi connectivity index (χ2v) is 8.11. The first-order valence-electron chi connectivity index (χ1n) is 10.4. The number of halogens is 1. The maximum absolute atomic E-state index is 12.7. The molecular formula is C23H28ClN3O3. The van der Waals surface area contributed by atoms with Gasteiger partial charge in [0.25, 0.3) is 5.91 Å². The van der Waals surface area contributed by atoms with Crippen LogP contribution < -0.4 is 15.4 Å². The normalized spacial score (nSPS) is 14.2. The largest absolute Gasteiger partial charge is 0.490 e. The monoisotopic (exact) mass is 429 g/mol. The van der Waals surface area contributed by atoms with E-state index >= 15 is 0 Å². The first-order valence-corrected chi connectivity index (χ1v) is 10.7. The highest BCUT2D eigenvalue weighted by Crippen LogP contribution is 2.25. The number of benzene rings is 2. The van der Waals surface area contributed by atoms with E-state index in [9.17, 15) is 9.59 Å². The molecule has 1 heterocycles. The Balaban J connectivity index is 1.63. The molecule has 6 nitrogen and oxygen atoms in total. The van der Waals surface area contributed by atoms with Crippen molar-refractivity contribution in [1.82, 2.24) is 4.90 Å². The molecule has 0 aliphatic carbocycles. The highest BCUT2D eigenvalue weighted by Gasteiger charge is 2.17. The average Bonchev–Trinajstić information content (AvgIpc) is 3.00. The fourth-order valence-electron chi connectivity index (χ4n) is 3.35. The number of ether oxygens (including phenoxy) is 1. The van der Waals surface area contributed by atoms with Gasteiger partial charge in [-0.2, -0.15) is 0 Å². The number of hydrogen-bond donors (Lipinski definition) is 2. The number of amides is 3. The van der Waals surface area contributed by atoms with Gasteiger partial charge in [-0.3, -0.25) is 4.79 Å². The number of nitrogens with zero attached hydrogens (tertiary/aromatic N) is 1. The molecule has 1 saturated heterocycles. The lowest BCUT2D eigenvalue weighted by Gasteiger charge is -2.20. The Morgan fingerprint density at radius 2 is 1.53 bits per heavy atom. The maximum Gasteiger partial charge on any atom is 0.321 e. The maximum atomic E-state index is 12.7. The van der Waals surface area contributed by atoms with E-state index < -0.39 is 0 Å². The van der Waals surface area contributed by atoms with Gasteiger partial charge < -0.3 is 20.3 Å². The Morgan fingerprint density at radius 1 is 0.933 bits per heavy atom. The molecule has 2 aromatic carbocycles. The van der Waals surface area contributed by atoms with E-state index in [0.717, 1.165) is 25.9 Å². The minimum Gasteiger partial charge on any atom is -0.490 e. The topological polar surface area (TPSA) is 70.7 Å². The van der Waals surface area contributed by atoms with Gasteiger partial charge in [0.15, 0.2) is 0 Å². The number of hydrogen-bond acceptors (Lipinski definition) is 3. The third-order valence-corrected chi connectivity index (χ3v) is 5.07. The molecule has 0 bridgehead atoms. The molecule has 7 heteroatoms. The minimum absolute atomic E-state index is 0.0650. The van der Waals surface area contributed by atoms with Crippen LogP contribution in [0.4, 0.5) is 16.2 Å². The van der Waals surface area contributed by atoms with Crippen LogP contribution in [0.3, 0.4) is 0 Å². The Kier molecular flexibility index (Phi) is 7.57. The van der Waals surface area contributed by atoms with Gasteiger partial charge in [-0.1, -0.05) is 24.4 Å². The smallest absolute Gasteiger partial charge is 0.321 e. The molecule has 1 aliphatic heterocycles. The van der Waals surface area contributed by atoms with E-state index in [1.165, 1.54) is 12.8 Å². The molecule has 0 saturated carbocycles. The highest BCUT2D eigenvalue weighted by molar-refractivity contribution is 6.31. The molecule has 2 N–H and O–H groups in total. The van der Waals surface area contributed by atoms with Crippen LogP contribution in [0.25, 0.3) is 0 Å². The van der Waals surface area contributed by atoms with Crippen molar-refractivity contribution in [3.63, 3.8) is 0 Å². The highest BCUT2D eigenvalue weighted by atomic mass is 35.5. The number of carbonyl (C=O) groups is 2. The summed E-state index contributed by atoms with van der Waals surface area (Å²) in [6.45, 7) is 5.38. The van der Waals surface area contributed by atoms with Crippen LogP contribution in [0.1, 0.15) is 49.9 Å². The van der Waals surface area contributed by atoms with Crippen molar-refractivity contribution < 1.29 is 14.3 Å². The summed E-state index contributed by atoms with van der Waals surface area (Å²) in [4.78, 5) is 27.0. The zero-order valence-corrected chi connectivity index (χ0v) is 18.2. The summed E-state index contributed by atoms with van der Waals surface area (Å²) in [6, 6.07) is 11.9. The predicted octanol–water partition coefficient (Wildman–Crippen LogP) is 5.79. The lowest BCUT2D eigenvalue weighted by atomic mass is 10.1. The fraction of sp³-hybridized carbons (Fsp3) is 0.391. The second-order valence-electron chi connectivity index (χ2n) is 7.67. The van der Waals surface area contributed by atoms with Crippen LogP contribution in [-0.4, -0.2) is 36.0 Å². The molecule has 0 unspecified atom stereocenters. The molecule has 0 atom stereocenters. The van der Waals surface area contributed by atoms with E-state index in [1.54, 1.807) is 42.5 Å². The molecule has 30 heavy (non-hydrogen) atoms. The summed E-state index contributed by atoms with van der Waals surface area (Å²) in [5.41, 5.74) is 1.67. The molecule has 2 aromatic rings. The van der Waals surface area contributed by atoms with Crippen LogP contribution in [0.2, 0.25) is 5.02 Å². The van der Waals surface area contributed by atoms with Gasteiger partial charge in [-0.05, 0) is 69.2 Å². The van der Waals surface area contributed by atoms with E-state index in [-0.39, 0.29) is 18.0 Å². The molecule has 1 aliphatic rings. The summed E-state index contributed by atoms with van der Waals surface area (Å²) in [5, 5.41) is 6.24. The van der Waals surface area contributed by atoms with Crippen molar-refractivity contribution in [2.45, 2.75) is 45.6 Å². The molecule has 0 spiro atoms. The van der Waals surface area contributed by atoms with Crippen LogP contribution in [-0.2, 0) is 0 Å². The van der Waals surface area contributed by atoms with Crippen LogP contribution in [0, 0.1) is 0 Å². The van der Waals surface area contributed by atoms with Crippen molar-refractivity contribution >= 4 is 34.9 Å². The lowest BCUT2D eigenvalue weighted by molar-refractivity contribution is 0.102. The lowest BCUT2D eigenvalue weighted by Crippen LogP contribution is -2.35. The summed E-state index contributed by atoms with van der Waals surface area (Å²) in [5.74, 6) is 0.169. The Morgan fingerprint density at radius 3 is 2.13 bits per heavy atom. The third-order valence-electron chi connectivity index (χ3n) is 4.84. The Labute approximate surface area is 182 Å². The van der Waals surface area contributed by atoms with E-state index in [2.05, 4.69) is 10.6 Å². The number of likely N-dealkylation sites (tertiary alicyclic amines) is 1. The predicted molar refractivity (Wildman–Crippen MR) is 121 cm³/mol. The minimum atomic E-state index is -0.311. The van der Waals surface area contributed by atoms with Gasteiger partial charge in [0.2, 0.25) is 0 Å². The van der Waals surface area contributed by atoms with Crippen molar-refractivity contribution in [2.75, 3.05) is 23.7 Å². The average molecular weight is 430 g/mol. The molecule has 160 valence electrons. The fourth-order valence-corrected chi connectivity index (χ4v) is 3.52. The van der Waals surface area contributed by atoms with Crippen molar-refractivity contribution in [1.29, 1.82) is 0 Å². The number of rotatable bonds is 5. The molecular weight excluding hydrogens is 402 g/mol. The summed E-state index contributed by atoms with van der Waals surface area (Å²) in [6.07, 6.45) is 4.38. The zero-order valence-electron chi connectivity index (χ0n) is 17.4. The van der Waals surface area contributed by atoms with Crippen molar-refractivity contribution in [3.05, 3.63) is 53.1 Å². The molecule has 0 aromatic heterocycles. The number of urea groups is 1. The van der Waals surface area contributed by atoms with Crippen LogP contribution in [0.15, 0.2) is 42.5 Å². The van der Waals surface area contributed by atoms with Crippen LogP contribution >= 0.6 is 11.6 Å². The summed E-state index contributed by atoms with van der Waals surface area (Å²) in [7, 11) is 0. The summed E-state index contributed by atoms with van der Waals surface area (Å²) < 4.78 is 5.72. The van der Waals surface area contributed by atoms with E-state index in [4.69, 9.17) is 16.3 Å². The van der Waals surface area contributed by atoms with Gasteiger partial charge in [0.1, 0.15) is 5.75 Å². The summed E-state index contributed by atoms with van der Waals surface area (Å²) >= 11 is 6.06. The Hall–Kier alpha value is -2.73. The van der Waals surface area contributed by atoms with E-state index in [1.807, 2.05) is 18.7 Å². The van der Waals surface area contributed by atoms with Gasteiger partial charge in [0, 0.05) is 29.5 Å². The van der Waals surface area contributed by atoms with Crippen molar-refractivity contribution in [3.8, 4) is 5.75 Å². The third kappa shape index (κ3) is 6.13. The SMILES string of the molecule is CC(C)Oc1ccc(Cl)cc1C(=O)Nc1ccc(NC(=O)N2CCCCCC2)cc1. The van der Waals surface area contributed by atoms with Gasteiger partial charge in [-0.25, -0.2) is 4.79 Å². The first kappa shape index (κ1) is 22.0. The van der Waals surface area contributed by atoms with E-state index in [0.29, 0.717) is 27.7 Å². The zero-order chi connectivity index (χ0) is 21.5. The molecule has 1 fully saturated rings. The molecule has 3 amide bonds. The molecule has 3 rings (SSSR count). The first-order chi connectivity index (χ1) is 14.4. The van der Waals surface area contributed by atoms with Crippen molar-refractivity contribution in [2.24, 2.45) is 0 Å². The number of nitrogens with one attached hydrogen (secondary N) is 2. The van der Waals surface area contributed by atoms with Crippen LogP contribution in [0.5, 0.6) is 5.75 Å². The van der Waals surface area contributed by atoms with Gasteiger partial charge in [0.05, 0.1) is 11.7 Å². The number of anilines is 2. The second kappa shape index (κ2) is 10.3. The number of carbonyl (C=O) groups excluding carboxylic acids is 2. The quantitative estimate of drug-likeness (QED) is 0.632. The molecule has 0 radical (unpaired) electrons. The van der Waals surface area contributed by atoms with Gasteiger partial charge in [-0.15, -0.1) is 0 Å². The Bertz CT molecular complexity index is 876. The standard InChI is InChI=1S/C23H28ClN3O3/c1-16(2)30-21-12-7-17(24)15-20(21)22(28)25-18-8-10-19(11-9-18)26-23(29)27-13-5-3-4-6-14-27/h7-12,15-16H,3-6,13-14H2,1-2H3,(H,25,28)(H,26,29). The van der Waals surface area contributed by atoms with Gasteiger partial charge >= 0.3 is 6.03 Å².